The maximum absolute atomic E-state index is 5.70. The lowest BCUT2D eigenvalue weighted by molar-refractivity contribution is 0.216. The average Bonchev–Trinajstić information content (AvgIpc) is 2.69. The largest absolute Gasteiger partial charge is 0.333 e. The zero-order valence-electron chi connectivity index (χ0n) is 15.1. The second-order valence-corrected chi connectivity index (χ2v) is 7.23. The minimum atomic E-state index is 0.530. The van der Waals surface area contributed by atoms with Crippen LogP contribution >= 0.6 is 12.2 Å². The molecule has 1 heterocycles. The van der Waals surface area contributed by atoms with Gasteiger partial charge in [0.05, 0.1) is 4.99 Å². The summed E-state index contributed by atoms with van der Waals surface area (Å²) in [6.07, 6.45) is 4.44. The summed E-state index contributed by atoms with van der Waals surface area (Å²) in [6, 6.07) is 22.0. The molecule has 0 radical (unpaired) electrons. The Morgan fingerprint density at radius 3 is 2.20 bits per heavy atom. The van der Waals surface area contributed by atoms with Crippen molar-refractivity contribution in [3.05, 3.63) is 66.2 Å². The molecule has 0 N–H and O–H groups in total. The molecule has 132 valence electrons. The van der Waals surface area contributed by atoms with Crippen LogP contribution in [0.3, 0.4) is 0 Å². The molecule has 0 spiro atoms. The van der Waals surface area contributed by atoms with Gasteiger partial charge in [-0.2, -0.15) is 0 Å². The van der Waals surface area contributed by atoms with Crippen LogP contribution in [-0.4, -0.2) is 35.6 Å². The molecule has 0 aromatic heterocycles. The molecule has 3 rings (SSSR count). The number of anilines is 1. The van der Waals surface area contributed by atoms with Crippen LogP contribution in [0.2, 0.25) is 0 Å². The molecular formula is C22H28N2S. The Bertz CT molecular complexity index is 648. The van der Waals surface area contributed by atoms with Gasteiger partial charge in [0.1, 0.15) is 0 Å². The number of benzene rings is 2. The van der Waals surface area contributed by atoms with Gasteiger partial charge in [0.15, 0.2) is 0 Å². The average molecular weight is 353 g/mol. The molecule has 1 aliphatic heterocycles. The van der Waals surface area contributed by atoms with E-state index in [1.807, 2.05) is 0 Å². The van der Waals surface area contributed by atoms with E-state index in [0.717, 1.165) is 37.5 Å². The zero-order valence-corrected chi connectivity index (χ0v) is 15.9. The Labute approximate surface area is 157 Å². The van der Waals surface area contributed by atoms with Crippen LogP contribution in [0.15, 0.2) is 60.7 Å². The number of piperidine rings is 1. The molecule has 0 amide bonds. The summed E-state index contributed by atoms with van der Waals surface area (Å²) in [5, 5.41) is 0. The van der Waals surface area contributed by atoms with E-state index in [9.17, 15) is 0 Å². The van der Waals surface area contributed by atoms with Crippen LogP contribution < -0.4 is 4.90 Å². The van der Waals surface area contributed by atoms with Crippen LogP contribution in [0.1, 0.15) is 31.7 Å². The van der Waals surface area contributed by atoms with Crippen LogP contribution in [0.5, 0.6) is 0 Å². The second-order valence-electron chi connectivity index (χ2n) is 6.76. The van der Waals surface area contributed by atoms with Gasteiger partial charge in [0.2, 0.25) is 0 Å². The van der Waals surface area contributed by atoms with Gasteiger partial charge < -0.3 is 9.80 Å². The molecule has 3 heteroatoms. The van der Waals surface area contributed by atoms with Crippen LogP contribution in [0.4, 0.5) is 5.69 Å². The van der Waals surface area contributed by atoms with Gasteiger partial charge in [-0.1, -0.05) is 67.7 Å². The molecule has 1 saturated heterocycles. The van der Waals surface area contributed by atoms with E-state index in [1.54, 1.807) is 0 Å². The molecule has 1 fully saturated rings. The van der Waals surface area contributed by atoms with Crippen molar-refractivity contribution in [1.29, 1.82) is 0 Å². The highest BCUT2D eigenvalue weighted by Crippen LogP contribution is 2.25. The second kappa shape index (κ2) is 9.12. The van der Waals surface area contributed by atoms with E-state index >= 15 is 0 Å². The number of nitrogens with zero attached hydrogens (tertiary/aromatic N) is 2. The number of para-hydroxylation sites is 1. The Morgan fingerprint density at radius 2 is 1.60 bits per heavy atom. The highest BCUT2D eigenvalue weighted by Gasteiger charge is 2.26. The molecule has 2 aromatic rings. The van der Waals surface area contributed by atoms with Crippen molar-refractivity contribution in [1.82, 2.24) is 4.90 Å². The maximum Gasteiger partial charge on any atom is 0.0823 e. The van der Waals surface area contributed by atoms with E-state index in [0.29, 0.717) is 6.04 Å². The van der Waals surface area contributed by atoms with E-state index in [1.165, 1.54) is 24.1 Å². The van der Waals surface area contributed by atoms with Crippen molar-refractivity contribution in [2.45, 2.75) is 38.6 Å². The van der Waals surface area contributed by atoms with Crippen LogP contribution in [0, 0.1) is 0 Å². The first-order valence-electron chi connectivity index (χ1n) is 9.41. The number of thiocarbonyl (C=S) groups is 1. The molecule has 25 heavy (non-hydrogen) atoms. The monoisotopic (exact) mass is 352 g/mol. The van der Waals surface area contributed by atoms with Gasteiger partial charge in [-0.15, -0.1) is 0 Å². The third-order valence-corrected chi connectivity index (χ3v) is 5.57. The van der Waals surface area contributed by atoms with E-state index in [4.69, 9.17) is 12.2 Å². The maximum atomic E-state index is 5.70. The first-order valence-corrected chi connectivity index (χ1v) is 9.82. The first-order chi connectivity index (χ1) is 12.3. The molecule has 0 bridgehead atoms. The van der Waals surface area contributed by atoms with E-state index in [-0.39, 0.29) is 0 Å². The van der Waals surface area contributed by atoms with Crippen molar-refractivity contribution in [3.63, 3.8) is 0 Å². The van der Waals surface area contributed by atoms with E-state index < -0.39 is 0 Å². The highest BCUT2D eigenvalue weighted by molar-refractivity contribution is 7.80. The SMILES string of the molecule is CCC(=S)N(c1ccccc1)C1CCN(CCc2ccccc2)CC1. The highest BCUT2D eigenvalue weighted by atomic mass is 32.1. The third-order valence-electron chi connectivity index (χ3n) is 5.09. The lowest BCUT2D eigenvalue weighted by Crippen LogP contribution is -2.47. The molecule has 0 atom stereocenters. The fourth-order valence-electron chi connectivity index (χ4n) is 3.65. The first kappa shape index (κ1) is 18.1. The fraction of sp³-hybridized carbons (Fsp3) is 0.409. The van der Waals surface area contributed by atoms with Crippen LogP contribution in [-0.2, 0) is 6.42 Å². The summed E-state index contributed by atoms with van der Waals surface area (Å²) in [6.45, 7) is 5.63. The Hall–Kier alpha value is -1.71. The molecule has 1 aliphatic rings. The predicted octanol–water partition coefficient (Wildman–Crippen LogP) is 4.94. The molecule has 0 unspecified atom stereocenters. The lowest BCUT2D eigenvalue weighted by Gasteiger charge is -2.40. The third kappa shape index (κ3) is 4.90. The normalized spacial score (nSPS) is 15.9. The van der Waals surface area contributed by atoms with Gasteiger partial charge in [0, 0.05) is 31.4 Å². The number of hydrogen-bond donors (Lipinski definition) is 0. The number of rotatable bonds is 6. The summed E-state index contributed by atoms with van der Waals surface area (Å²) >= 11 is 5.70. The van der Waals surface area contributed by atoms with Crippen molar-refractivity contribution in [2.24, 2.45) is 0 Å². The molecule has 2 aromatic carbocycles. The summed E-state index contributed by atoms with van der Waals surface area (Å²) in [5.41, 5.74) is 2.68. The van der Waals surface area contributed by atoms with Gasteiger partial charge in [-0.05, 0) is 43.4 Å². The zero-order chi connectivity index (χ0) is 17.5. The molecule has 0 saturated carbocycles. The van der Waals surface area contributed by atoms with Crippen LogP contribution in [0.25, 0.3) is 0 Å². The minimum absolute atomic E-state index is 0.530. The Balaban J connectivity index is 1.57. The number of hydrogen-bond acceptors (Lipinski definition) is 2. The molecule has 0 aliphatic carbocycles. The number of likely N-dealkylation sites (tertiary alicyclic amines) is 1. The van der Waals surface area contributed by atoms with E-state index in [2.05, 4.69) is 77.4 Å². The summed E-state index contributed by atoms with van der Waals surface area (Å²) in [7, 11) is 0. The Kier molecular flexibility index (Phi) is 6.60. The van der Waals surface area contributed by atoms with Crippen molar-refractivity contribution >= 4 is 22.9 Å². The van der Waals surface area contributed by atoms with Gasteiger partial charge in [0.25, 0.3) is 0 Å². The Morgan fingerprint density at radius 1 is 1.00 bits per heavy atom. The minimum Gasteiger partial charge on any atom is -0.333 e. The van der Waals surface area contributed by atoms with Gasteiger partial charge in [-0.3, -0.25) is 0 Å². The quantitative estimate of drug-likeness (QED) is 0.680. The summed E-state index contributed by atoms with van der Waals surface area (Å²) < 4.78 is 0. The van der Waals surface area contributed by atoms with Gasteiger partial charge in [-0.25, -0.2) is 0 Å². The lowest BCUT2D eigenvalue weighted by atomic mass is 10.0. The predicted molar refractivity (Wildman–Crippen MR) is 111 cm³/mol. The van der Waals surface area contributed by atoms with Crippen molar-refractivity contribution in [3.8, 4) is 0 Å². The summed E-state index contributed by atoms with van der Waals surface area (Å²) in [5.74, 6) is 0. The molecular weight excluding hydrogens is 324 g/mol. The topological polar surface area (TPSA) is 6.48 Å². The summed E-state index contributed by atoms with van der Waals surface area (Å²) in [4.78, 5) is 6.07. The smallest absolute Gasteiger partial charge is 0.0823 e. The fourth-order valence-corrected chi connectivity index (χ4v) is 3.90. The molecule has 2 nitrogen and oxygen atoms in total. The van der Waals surface area contributed by atoms with Gasteiger partial charge >= 0.3 is 0 Å². The standard InChI is InChI=1S/C22H28N2S/c1-2-22(25)24(20-11-7-4-8-12-20)21-14-17-23(18-15-21)16-13-19-9-5-3-6-10-19/h3-12,21H,2,13-18H2,1H3. The van der Waals surface area contributed by atoms with Crippen molar-refractivity contribution < 1.29 is 0 Å². The van der Waals surface area contributed by atoms with Crippen molar-refractivity contribution in [2.75, 3.05) is 24.5 Å².